The van der Waals surface area contributed by atoms with Crippen molar-refractivity contribution in [3.63, 3.8) is 0 Å². The Balaban J connectivity index is 4.34. The van der Waals surface area contributed by atoms with E-state index in [4.69, 9.17) is 18.9 Å². The molecular formula is C18H36O4. The summed E-state index contributed by atoms with van der Waals surface area (Å²) in [6.45, 7) is 6.48. The zero-order chi connectivity index (χ0) is 16.7. The molecule has 22 heavy (non-hydrogen) atoms. The Labute approximate surface area is 137 Å². The van der Waals surface area contributed by atoms with E-state index < -0.39 is 5.97 Å². The molecule has 0 saturated heterocycles. The van der Waals surface area contributed by atoms with Crippen molar-refractivity contribution in [2.45, 2.75) is 70.7 Å². The third-order valence-electron chi connectivity index (χ3n) is 4.19. The van der Waals surface area contributed by atoms with E-state index in [1.54, 1.807) is 21.3 Å². The highest BCUT2D eigenvalue weighted by Gasteiger charge is 2.39. The Morgan fingerprint density at radius 2 is 1.41 bits per heavy atom. The molecule has 0 aliphatic heterocycles. The second-order valence-electron chi connectivity index (χ2n) is 5.65. The van der Waals surface area contributed by atoms with Crippen LogP contribution in [-0.2, 0) is 18.9 Å². The van der Waals surface area contributed by atoms with Gasteiger partial charge in [0.2, 0.25) is 0 Å². The number of methoxy groups -OCH3 is 3. The van der Waals surface area contributed by atoms with Gasteiger partial charge in [0.25, 0.3) is 5.97 Å². The van der Waals surface area contributed by atoms with Crippen LogP contribution >= 0.6 is 0 Å². The van der Waals surface area contributed by atoms with Crippen molar-refractivity contribution in [2.75, 3.05) is 27.9 Å². The maximum atomic E-state index is 5.55. The Bertz CT molecular complexity index is 243. The van der Waals surface area contributed by atoms with Gasteiger partial charge in [0, 0.05) is 27.2 Å². The van der Waals surface area contributed by atoms with Crippen molar-refractivity contribution >= 4 is 0 Å². The van der Waals surface area contributed by atoms with Gasteiger partial charge in [0.05, 0.1) is 12.9 Å². The van der Waals surface area contributed by atoms with Gasteiger partial charge in [0.15, 0.2) is 0 Å². The zero-order valence-electron chi connectivity index (χ0n) is 15.1. The Morgan fingerprint density at radius 3 is 1.95 bits per heavy atom. The van der Waals surface area contributed by atoms with E-state index >= 15 is 0 Å². The summed E-state index contributed by atoms with van der Waals surface area (Å²) in [4.78, 5) is 0. The lowest BCUT2D eigenvalue weighted by atomic mass is 9.93. The molecule has 0 aromatic carbocycles. The zero-order valence-corrected chi connectivity index (χ0v) is 15.1. The van der Waals surface area contributed by atoms with Crippen LogP contribution in [0.15, 0.2) is 12.8 Å². The molecule has 4 heteroatoms. The highest BCUT2D eigenvalue weighted by molar-refractivity contribution is 4.72. The van der Waals surface area contributed by atoms with E-state index in [2.05, 4.69) is 13.5 Å². The third-order valence-corrected chi connectivity index (χ3v) is 4.19. The van der Waals surface area contributed by atoms with Crippen LogP contribution in [0.25, 0.3) is 0 Å². The summed E-state index contributed by atoms with van der Waals surface area (Å²) in [5.41, 5.74) is 0. The molecule has 0 aromatic heterocycles. The van der Waals surface area contributed by atoms with Crippen LogP contribution in [0.3, 0.4) is 0 Å². The minimum absolute atomic E-state index is 0.201. The van der Waals surface area contributed by atoms with Gasteiger partial charge in [0.1, 0.15) is 0 Å². The van der Waals surface area contributed by atoms with Crippen LogP contribution in [0.1, 0.15) is 64.7 Å². The molecule has 0 radical (unpaired) electrons. The predicted octanol–water partition coefficient (Wildman–Crippen LogP) is 4.89. The first kappa shape index (κ1) is 21.4. The van der Waals surface area contributed by atoms with Gasteiger partial charge < -0.3 is 18.9 Å². The summed E-state index contributed by atoms with van der Waals surface area (Å²) in [7, 11) is 4.92. The molecule has 0 saturated carbocycles. The first-order valence-corrected chi connectivity index (χ1v) is 8.58. The maximum Gasteiger partial charge on any atom is 0.285 e. The van der Waals surface area contributed by atoms with Crippen LogP contribution in [-0.4, -0.2) is 33.9 Å². The molecular weight excluding hydrogens is 280 g/mol. The van der Waals surface area contributed by atoms with E-state index in [1.807, 2.05) is 0 Å². The summed E-state index contributed by atoms with van der Waals surface area (Å²) < 4.78 is 21.8. The summed E-state index contributed by atoms with van der Waals surface area (Å²) in [6, 6.07) is 0. The van der Waals surface area contributed by atoms with E-state index in [-0.39, 0.29) is 5.92 Å². The van der Waals surface area contributed by atoms with Gasteiger partial charge in [-0.25, -0.2) is 0 Å². The van der Waals surface area contributed by atoms with Crippen molar-refractivity contribution in [3.05, 3.63) is 12.8 Å². The average molecular weight is 316 g/mol. The number of ether oxygens (including phenoxy) is 4. The first-order valence-electron chi connectivity index (χ1n) is 8.58. The summed E-state index contributed by atoms with van der Waals surface area (Å²) in [5.74, 6) is -0.746. The predicted molar refractivity (Wildman–Crippen MR) is 90.6 cm³/mol. The molecule has 0 bridgehead atoms. The Hall–Kier alpha value is -0.580. The van der Waals surface area contributed by atoms with Crippen LogP contribution in [0.5, 0.6) is 0 Å². The molecule has 0 rings (SSSR count). The minimum Gasteiger partial charge on any atom is -0.502 e. The van der Waals surface area contributed by atoms with Gasteiger partial charge in [-0.3, -0.25) is 0 Å². The maximum absolute atomic E-state index is 5.55. The standard InChI is InChI=1S/C18H36O4/c1-6-8-9-10-11-12-14-17(15-13-16-22-7-2)18(19-3,20-4)21-5/h7,17H,2,6,8-16H2,1,3-5H3. The summed E-state index contributed by atoms with van der Waals surface area (Å²) >= 11 is 0. The minimum atomic E-state index is -0.947. The fourth-order valence-corrected chi connectivity index (χ4v) is 2.92. The fraction of sp³-hybridized carbons (Fsp3) is 0.889. The molecule has 0 aliphatic rings. The van der Waals surface area contributed by atoms with E-state index in [9.17, 15) is 0 Å². The molecule has 0 fully saturated rings. The van der Waals surface area contributed by atoms with Crippen molar-refractivity contribution in [1.29, 1.82) is 0 Å². The average Bonchev–Trinajstić information content (AvgIpc) is 2.55. The molecule has 0 aromatic rings. The number of unbranched alkanes of at least 4 members (excludes halogenated alkanes) is 5. The second kappa shape index (κ2) is 14.0. The van der Waals surface area contributed by atoms with Crippen LogP contribution in [0.4, 0.5) is 0 Å². The first-order chi connectivity index (χ1) is 10.7. The van der Waals surface area contributed by atoms with Crippen LogP contribution in [0, 0.1) is 5.92 Å². The Kier molecular flexibility index (Phi) is 13.7. The normalized spacial score (nSPS) is 13.1. The molecule has 1 atom stereocenters. The van der Waals surface area contributed by atoms with Crippen molar-refractivity contribution in [1.82, 2.24) is 0 Å². The molecule has 0 heterocycles. The SMILES string of the molecule is C=COCCCC(CCCCCCCC)C(OC)(OC)OC. The number of rotatable bonds is 16. The van der Waals surface area contributed by atoms with Gasteiger partial charge in [-0.05, 0) is 19.3 Å². The molecule has 0 aliphatic carbocycles. The number of hydrogen-bond donors (Lipinski definition) is 0. The highest BCUT2D eigenvalue weighted by atomic mass is 16.9. The lowest BCUT2D eigenvalue weighted by Crippen LogP contribution is -2.44. The van der Waals surface area contributed by atoms with Gasteiger partial charge in [-0.1, -0.05) is 52.0 Å². The molecule has 1 unspecified atom stereocenters. The molecule has 0 N–H and O–H groups in total. The third kappa shape index (κ3) is 8.16. The largest absolute Gasteiger partial charge is 0.502 e. The topological polar surface area (TPSA) is 36.9 Å². The summed E-state index contributed by atoms with van der Waals surface area (Å²) in [5, 5.41) is 0. The quantitative estimate of drug-likeness (QED) is 0.231. The highest BCUT2D eigenvalue weighted by Crippen LogP contribution is 2.32. The smallest absolute Gasteiger partial charge is 0.285 e. The van der Waals surface area contributed by atoms with Crippen molar-refractivity contribution < 1.29 is 18.9 Å². The van der Waals surface area contributed by atoms with Gasteiger partial charge in [-0.15, -0.1) is 0 Å². The van der Waals surface area contributed by atoms with E-state index in [0.717, 1.165) is 19.3 Å². The monoisotopic (exact) mass is 316 g/mol. The van der Waals surface area contributed by atoms with Crippen LogP contribution in [0.2, 0.25) is 0 Å². The Morgan fingerprint density at radius 1 is 0.864 bits per heavy atom. The lowest BCUT2D eigenvalue weighted by molar-refractivity contribution is -0.380. The van der Waals surface area contributed by atoms with E-state index in [1.165, 1.54) is 44.8 Å². The molecule has 132 valence electrons. The van der Waals surface area contributed by atoms with E-state index in [0.29, 0.717) is 6.61 Å². The van der Waals surface area contributed by atoms with Crippen molar-refractivity contribution in [2.24, 2.45) is 5.92 Å². The van der Waals surface area contributed by atoms with Gasteiger partial charge in [-0.2, -0.15) is 0 Å². The second-order valence-corrected chi connectivity index (χ2v) is 5.65. The van der Waals surface area contributed by atoms with Crippen molar-refractivity contribution in [3.8, 4) is 0 Å². The summed E-state index contributed by atoms with van der Waals surface area (Å²) in [6.07, 6.45) is 12.1. The molecule has 4 nitrogen and oxygen atoms in total. The molecule has 0 amide bonds. The van der Waals surface area contributed by atoms with Crippen LogP contribution < -0.4 is 0 Å². The lowest BCUT2D eigenvalue weighted by Gasteiger charge is -2.36. The number of hydrogen-bond acceptors (Lipinski definition) is 4. The fourth-order valence-electron chi connectivity index (χ4n) is 2.92. The molecule has 0 spiro atoms. The van der Waals surface area contributed by atoms with Gasteiger partial charge >= 0.3 is 0 Å².